The van der Waals surface area contributed by atoms with E-state index in [9.17, 15) is 0 Å². The molecule has 2 aliphatic carbocycles. The molecule has 2 aliphatic rings. The van der Waals surface area contributed by atoms with Crippen LogP contribution < -0.4 is 0 Å². The molecule has 0 bridgehead atoms. The maximum atomic E-state index is 2.50. The van der Waals surface area contributed by atoms with Gasteiger partial charge in [0.25, 0.3) is 0 Å². The Kier molecular flexibility index (Phi) is 1.72. The van der Waals surface area contributed by atoms with Crippen LogP contribution >= 0.6 is 22.6 Å². The lowest BCUT2D eigenvalue weighted by atomic mass is 9.53. The van der Waals surface area contributed by atoms with Gasteiger partial charge in [-0.1, -0.05) is 22.6 Å². The fraction of sp³-hybridized carbons (Fsp3) is 1.00. The highest BCUT2D eigenvalue weighted by atomic mass is 127. The van der Waals surface area contributed by atoms with Crippen LogP contribution in [-0.2, 0) is 0 Å². The van der Waals surface area contributed by atoms with Gasteiger partial charge in [-0.05, 0) is 47.9 Å². The molecular weight excluding hydrogens is 223 g/mol. The second-order valence-electron chi connectivity index (χ2n) is 3.47. The van der Waals surface area contributed by atoms with Gasteiger partial charge in [0, 0.05) is 0 Å². The number of alkyl halides is 1. The minimum absolute atomic E-state index is 1.15. The molecule has 2 rings (SSSR count). The largest absolute Gasteiger partial charge is 0.0864 e. The zero-order valence-electron chi connectivity index (χ0n) is 5.65. The molecule has 3 atom stereocenters. The molecule has 0 radical (unpaired) electrons. The van der Waals surface area contributed by atoms with Crippen LogP contribution in [0.25, 0.3) is 0 Å². The van der Waals surface area contributed by atoms with Crippen molar-refractivity contribution >= 4 is 22.6 Å². The van der Waals surface area contributed by atoms with Gasteiger partial charge in [-0.2, -0.15) is 0 Å². The van der Waals surface area contributed by atoms with Crippen LogP contribution in [0.3, 0.4) is 0 Å². The first-order chi connectivity index (χ1) is 4.42. The van der Waals surface area contributed by atoms with Crippen molar-refractivity contribution in [2.75, 3.05) is 4.43 Å². The average molecular weight is 236 g/mol. The maximum absolute atomic E-state index is 2.50. The molecule has 2 fully saturated rings. The molecule has 0 aromatic heterocycles. The Morgan fingerprint density at radius 2 is 2.22 bits per heavy atom. The fourth-order valence-corrected chi connectivity index (χ4v) is 3.15. The first kappa shape index (κ1) is 6.44. The Bertz CT molecular complexity index is 109. The Hall–Kier alpha value is 0.730. The first-order valence-electron chi connectivity index (χ1n) is 3.98. The van der Waals surface area contributed by atoms with Crippen molar-refractivity contribution in [3.63, 3.8) is 0 Å². The molecule has 0 aromatic carbocycles. The molecule has 9 heavy (non-hydrogen) atoms. The molecule has 0 heterocycles. The highest BCUT2D eigenvalue weighted by Gasteiger charge is 2.45. The Morgan fingerprint density at radius 3 is 2.56 bits per heavy atom. The van der Waals surface area contributed by atoms with E-state index in [1.807, 2.05) is 0 Å². The number of hydrogen-bond donors (Lipinski definition) is 0. The van der Waals surface area contributed by atoms with Gasteiger partial charge in [-0.15, -0.1) is 0 Å². The van der Waals surface area contributed by atoms with E-state index in [-0.39, 0.29) is 0 Å². The van der Waals surface area contributed by atoms with E-state index in [1.54, 1.807) is 19.3 Å². The summed E-state index contributed by atoms with van der Waals surface area (Å²) in [6.45, 7) is 0. The second-order valence-corrected chi connectivity index (χ2v) is 4.55. The summed E-state index contributed by atoms with van der Waals surface area (Å²) >= 11 is 2.50. The molecule has 0 aliphatic heterocycles. The average Bonchev–Trinajstić information content (AvgIpc) is 1.82. The molecule has 1 heteroatoms. The van der Waals surface area contributed by atoms with Crippen LogP contribution in [0.15, 0.2) is 0 Å². The van der Waals surface area contributed by atoms with Crippen molar-refractivity contribution in [3.05, 3.63) is 0 Å². The maximum Gasteiger partial charge on any atom is -0.000199 e. The fourth-order valence-electron chi connectivity index (χ4n) is 2.35. The van der Waals surface area contributed by atoms with Gasteiger partial charge in [0.05, 0.1) is 0 Å². The lowest BCUT2D eigenvalue weighted by molar-refractivity contribution is -0.0257. The molecule has 52 valence electrons. The summed E-state index contributed by atoms with van der Waals surface area (Å²) in [5.41, 5.74) is 0. The molecule has 0 amide bonds. The van der Waals surface area contributed by atoms with Crippen LogP contribution in [-0.4, -0.2) is 4.43 Å². The minimum Gasteiger partial charge on any atom is -0.0864 e. The van der Waals surface area contributed by atoms with Crippen molar-refractivity contribution < 1.29 is 0 Å². The highest BCUT2D eigenvalue weighted by molar-refractivity contribution is 14.1. The van der Waals surface area contributed by atoms with E-state index in [1.165, 1.54) is 22.7 Å². The molecular formula is C8H13I. The molecule has 0 saturated heterocycles. The normalized spacial score (nSPS) is 47.0. The molecule has 2 saturated carbocycles. The summed E-state index contributed by atoms with van der Waals surface area (Å²) in [7, 11) is 0. The Labute approximate surface area is 70.5 Å². The van der Waals surface area contributed by atoms with Gasteiger partial charge in [0.2, 0.25) is 0 Å². The van der Waals surface area contributed by atoms with Crippen molar-refractivity contribution in [1.82, 2.24) is 0 Å². The van der Waals surface area contributed by atoms with Gasteiger partial charge in [-0.25, -0.2) is 0 Å². The van der Waals surface area contributed by atoms with Crippen LogP contribution in [0.5, 0.6) is 0 Å². The Morgan fingerprint density at radius 1 is 1.33 bits per heavy atom. The van der Waals surface area contributed by atoms with E-state index < -0.39 is 0 Å². The number of fused-ring (bicyclic) bond motifs is 1. The lowest BCUT2D eigenvalue weighted by Crippen LogP contribution is -2.44. The summed E-state index contributed by atoms with van der Waals surface area (Å²) in [6.07, 6.45) is 6.20. The summed E-state index contributed by atoms with van der Waals surface area (Å²) in [6, 6.07) is 0. The predicted molar refractivity (Wildman–Crippen MR) is 47.8 cm³/mol. The third-order valence-corrected chi connectivity index (χ3v) is 3.79. The minimum atomic E-state index is 1.15. The third kappa shape index (κ3) is 0.920. The molecule has 0 nitrogen and oxygen atoms in total. The topological polar surface area (TPSA) is 0 Å². The molecule has 0 spiro atoms. The summed E-state index contributed by atoms with van der Waals surface area (Å²) in [5.74, 6) is 3.54. The van der Waals surface area contributed by atoms with Gasteiger partial charge >= 0.3 is 0 Å². The van der Waals surface area contributed by atoms with Crippen molar-refractivity contribution in [3.8, 4) is 0 Å². The van der Waals surface area contributed by atoms with Gasteiger partial charge in [0.1, 0.15) is 0 Å². The third-order valence-electron chi connectivity index (χ3n) is 3.17. The number of halogens is 1. The summed E-state index contributed by atoms with van der Waals surface area (Å²) in [4.78, 5) is 0. The van der Waals surface area contributed by atoms with E-state index in [0.29, 0.717) is 0 Å². The van der Waals surface area contributed by atoms with Crippen LogP contribution in [0.4, 0.5) is 0 Å². The van der Waals surface area contributed by atoms with E-state index in [2.05, 4.69) is 22.6 Å². The predicted octanol–water partition coefficient (Wildman–Crippen LogP) is 2.86. The quantitative estimate of drug-likeness (QED) is 0.510. The van der Waals surface area contributed by atoms with Gasteiger partial charge in [0.15, 0.2) is 0 Å². The SMILES string of the molecule is ICCC1C[C@@H]2CC[C@H]12. The standard InChI is InChI=1S/C8H13I/c9-4-3-7-5-6-1-2-8(6)7/h6-8H,1-5H2/t6-,7?,8-/m0/s1. The second kappa shape index (κ2) is 2.40. The van der Waals surface area contributed by atoms with Crippen LogP contribution in [0.1, 0.15) is 25.7 Å². The number of rotatable bonds is 2. The highest BCUT2D eigenvalue weighted by Crippen LogP contribution is 2.55. The first-order valence-corrected chi connectivity index (χ1v) is 5.50. The zero-order valence-corrected chi connectivity index (χ0v) is 7.80. The smallest absolute Gasteiger partial charge is 0.000199 e. The van der Waals surface area contributed by atoms with E-state index in [4.69, 9.17) is 0 Å². The molecule has 0 aromatic rings. The number of hydrogen-bond acceptors (Lipinski definition) is 0. The molecule has 1 unspecified atom stereocenters. The van der Waals surface area contributed by atoms with E-state index in [0.717, 1.165) is 5.92 Å². The van der Waals surface area contributed by atoms with Crippen LogP contribution in [0.2, 0.25) is 0 Å². The van der Waals surface area contributed by atoms with Crippen molar-refractivity contribution in [1.29, 1.82) is 0 Å². The van der Waals surface area contributed by atoms with E-state index >= 15 is 0 Å². The van der Waals surface area contributed by atoms with Crippen molar-refractivity contribution in [2.24, 2.45) is 17.8 Å². The van der Waals surface area contributed by atoms with Gasteiger partial charge < -0.3 is 0 Å². The van der Waals surface area contributed by atoms with Crippen molar-refractivity contribution in [2.45, 2.75) is 25.7 Å². The monoisotopic (exact) mass is 236 g/mol. The zero-order chi connectivity index (χ0) is 6.27. The summed E-state index contributed by atoms with van der Waals surface area (Å²) in [5, 5.41) is 0. The van der Waals surface area contributed by atoms with Crippen LogP contribution in [0, 0.1) is 17.8 Å². The Balaban J connectivity index is 1.77. The molecule has 0 N–H and O–H groups in total. The lowest BCUT2D eigenvalue weighted by Gasteiger charge is -2.53. The van der Waals surface area contributed by atoms with Gasteiger partial charge in [-0.3, -0.25) is 0 Å². The summed E-state index contributed by atoms with van der Waals surface area (Å²) < 4.78 is 1.38.